The maximum absolute atomic E-state index is 11.1. The molecule has 0 aliphatic heterocycles. The van der Waals surface area contributed by atoms with E-state index in [1.165, 1.54) is 29.6 Å². The van der Waals surface area contributed by atoms with Crippen molar-refractivity contribution in [2.45, 2.75) is 18.9 Å². The van der Waals surface area contributed by atoms with Crippen molar-refractivity contribution in [2.24, 2.45) is 0 Å². The first-order chi connectivity index (χ1) is 15.1. The Morgan fingerprint density at radius 2 is 1.87 bits per heavy atom. The molecule has 0 radical (unpaired) electrons. The summed E-state index contributed by atoms with van der Waals surface area (Å²) in [6.45, 7) is 0. The van der Waals surface area contributed by atoms with Gasteiger partial charge in [0.25, 0.3) is 0 Å². The number of hydrogen-bond acceptors (Lipinski definition) is 6. The first kappa shape index (κ1) is 20.1. The Morgan fingerprint density at radius 1 is 1.13 bits per heavy atom. The number of pyridine rings is 2. The molecule has 0 saturated heterocycles. The molecule has 3 aromatic rings. The van der Waals surface area contributed by atoms with Crippen LogP contribution >= 0.6 is 0 Å². The minimum Gasteiger partial charge on any atom is -0.491 e. The Bertz CT molecular complexity index is 1190. The highest BCUT2D eigenvalue weighted by atomic mass is 16.5. The molecule has 0 unspecified atom stereocenters. The van der Waals surface area contributed by atoms with E-state index in [9.17, 15) is 10.1 Å². The van der Waals surface area contributed by atoms with Crippen LogP contribution in [-0.2, 0) is 12.8 Å². The van der Waals surface area contributed by atoms with E-state index in [4.69, 9.17) is 14.6 Å². The summed E-state index contributed by atoms with van der Waals surface area (Å²) in [5, 5.41) is 18.8. The van der Waals surface area contributed by atoms with Gasteiger partial charge in [0.15, 0.2) is 11.5 Å². The van der Waals surface area contributed by atoms with Crippen LogP contribution in [0.25, 0.3) is 11.6 Å². The zero-order valence-electron chi connectivity index (χ0n) is 16.8. The van der Waals surface area contributed by atoms with Crippen molar-refractivity contribution in [1.29, 1.82) is 5.26 Å². The topological polar surface area (TPSA) is 105 Å². The van der Waals surface area contributed by atoms with Crippen LogP contribution in [-0.4, -0.2) is 34.3 Å². The van der Waals surface area contributed by atoms with Gasteiger partial charge in [-0.2, -0.15) is 5.26 Å². The van der Waals surface area contributed by atoms with Gasteiger partial charge in [0.05, 0.1) is 24.6 Å². The molecule has 1 N–H and O–H groups in total. The number of aromatic carboxylic acids is 1. The van der Waals surface area contributed by atoms with E-state index in [-0.39, 0.29) is 17.4 Å². The van der Waals surface area contributed by atoms with Crippen molar-refractivity contribution < 1.29 is 19.4 Å². The molecule has 0 atom stereocenters. The number of nitrogens with zero attached hydrogens (tertiary/aromatic N) is 3. The molecular weight excluding hydrogens is 394 g/mol. The Balaban J connectivity index is 1.62. The minimum absolute atomic E-state index is 0.0330. The van der Waals surface area contributed by atoms with Crippen molar-refractivity contribution in [3.8, 4) is 17.6 Å². The number of benzene rings is 1. The number of hydrogen-bond donors (Lipinski definition) is 1. The fourth-order valence-electron chi connectivity index (χ4n) is 3.58. The molecule has 0 saturated carbocycles. The first-order valence-corrected chi connectivity index (χ1v) is 9.66. The smallest absolute Gasteiger partial charge is 0.354 e. The van der Waals surface area contributed by atoms with Gasteiger partial charge in [-0.15, -0.1) is 0 Å². The number of carbonyl (C=O) groups is 1. The third-order valence-corrected chi connectivity index (χ3v) is 5.07. The Hall–Kier alpha value is -4.18. The summed E-state index contributed by atoms with van der Waals surface area (Å²) < 4.78 is 11.6. The van der Waals surface area contributed by atoms with Crippen molar-refractivity contribution in [3.05, 3.63) is 82.9 Å². The highest BCUT2D eigenvalue weighted by molar-refractivity contribution is 5.91. The number of aromatic nitrogens is 2. The molecule has 7 nitrogen and oxygen atoms in total. The second-order valence-corrected chi connectivity index (χ2v) is 7.09. The lowest BCUT2D eigenvalue weighted by Crippen LogP contribution is -2.17. The maximum Gasteiger partial charge on any atom is 0.354 e. The van der Waals surface area contributed by atoms with Crippen molar-refractivity contribution in [3.63, 3.8) is 0 Å². The molecule has 154 valence electrons. The molecule has 4 rings (SSSR count). The quantitative estimate of drug-likeness (QED) is 0.613. The normalized spacial score (nSPS) is 13.4. The van der Waals surface area contributed by atoms with Gasteiger partial charge in [-0.3, -0.25) is 4.98 Å². The van der Waals surface area contributed by atoms with Gasteiger partial charge < -0.3 is 14.6 Å². The summed E-state index contributed by atoms with van der Waals surface area (Å²) in [5.41, 5.74) is 3.65. The number of nitriles is 1. The average Bonchev–Trinajstić information content (AvgIpc) is 3.20. The van der Waals surface area contributed by atoms with Crippen molar-refractivity contribution >= 4 is 17.6 Å². The Morgan fingerprint density at radius 3 is 2.52 bits per heavy atom. The van der Waals surface area contributed by atoms with Crippen LogP contribution in [0.1, 0.15) is 32.9 Å². The summed E-state index contributed by atoms with van der Waals surface area (Å²) in [4.78, 5) is 19.3. The van der Waals surface area contributed by atoms with Gasteiger partial charge in [0, 0.05) is 25.1 Å². The Labute approximate surface area is 179 Å². The molecule has 1 aliphatic carbocycles. The SMILES string of the molecule is COc1cnc(C(C#N)=Cc2ccnc(C(=O)O)c2)cc1OC1Cc2ccccc2C1. The standard InChI is InChI=1S/C24H19N3O4/c1-30-23-14-27-20(18(13-25)8-15-6-7-26-21(9-15)24(28)29)12-22(23)31-19-10-16-4-2-3-5-17(16)11-19/h2-9,12,14,19H,10-11H2,1H3,(H,28,29). The molecule has 7 heteroatoms. The van der Waals surface area contributed by atoms with E-state index in [0.29, 0.717) is 22.8 Å². The lowest BCUT2D eigenvalue weighted by atomic mass is 10.1. The number of carboxylic acids is 1. The maximum atomic E-state index is 11.1. The highest BCUT2D eigenvalue weighted by Gasteiger charge is 2.24. The Kier molecular flexibility index (Phi) is 5.63. The highest BCUT2D eigenvalue weighted by Crippen LogP contribution is 2.33. The molecule has 0 bridgehead atoms. The monoisotopic (exact) mass is 413 g/mol. The van der Waals surface area contributed by atoms with Gasteiger partial charge in [-0.05, 0) is 34.9 Å². The van der Waals surface area contributed by atoms with E-state index >= 15 is 0 Å². The number of rotatable bonds is 6. The zero-order chi connectivity index (χ0) is 21.8. The van der Waals surface area contributed by atoms with Crippen LogP contribution in [0.15, 0.2) is 54.9 Å². The number of allylic oxidation sites excluding steroid dienone is 1. The van der Waals surface area contributed by atoms with Gasteiger partial charge in [0.1, 0.15) is 17.9 Å². The van der Waals surface area contributed by atoms with Gasteiger partial charge >= 0.3 is 5.97 Å². The lowest BCUT2D eigenvalue weighted by molar-refractivity contribution is 0.0690. The van der Waals surface area contributed by atoms with Crippen LogP contribution in [0.5, 0.6) is 11.5 Å². The average molecular weight is 413 g/mol. The third kappa shape index (κ3) is 4.38. The second kappa shape index (κ2) is 8.67. The van der Waals surface area contributed by atoms with E-state index in [2.05, 4.69) is 28.2 Å². The largest absolute Gasteiger partial charge is 0.491 e. The molecule has 2 aromatic heterocycles. The lowest BCUT2D eigenvalue weighted by Gasteiger charge is -2.16. The van der Waals surface area contributed by atoms with Gasteiger partial charge in [-0.25, -0.2) is 9.78 Å². The van der Waals surface area contributed by atoms with Crippen molar-refractivity contribution in [2.75, 3.05) is 7.11 Å². The molecule has 1 aliphatic rings. The predicted octanol–water partition coefficient (Wildman–Crippen LogP) is 3.79. The van der Waals surface area contributed by atoms with Crippen LogP contribution in [0.2, 0.25) is 0 Å². The van der Waals surface area contributed by atoms with E-state index in [1.54, 1.807) is 25.3 Å². The summed E-state index contributed by atoms with van der Waals surface area (Å²) in [5.74, 6) is -0.147. The van der Waals surface area contributed by atoms with Crippen LogP contribution in [0.4, 0.5) is 0 Å². The summed E-state index contributed by atoms with van der Waals surface area (Å²) >= 11 is 0. The predicted molar refractivity (Wildman–Crippen MR) is 114 cm³/mol. The summed E-state index contributed by atoms with van der Waals surface area (Å²) in [7, 11) is 1.54. The zero-order valence-corrected chi connectivity index (χ0v) is 16.8. The minimum atomic E-state index is -1.13. The first-order valence-electron chi connectivity index (χ1n) is 9.66. The molecule has 0 fully saturated rings. The van der Waals surface area contributed by atoms with Crippen molar-refractivity contribution in [1.82, 2.24) is 9.97 Å². The summed E-state index contributed by atoms with van der Waals surface area (Å²) in [6.07, 6.45) is 6.04. The molecule has 0 amide bonds. The van der Waals surface area contributed by atoms with Gasteiger partial charge in [-0.1, -0.05) is 24.3 Å². The fraction of sp³-hybridized carbons (Fsp3) is 0.167. The molecular formula is C24H19N3O4. The number of methoxy groups -OCH3 is 1. The molecule has 1 aromatic carbocycles. The van der Waals surface area contributed by atoms with E-state index < -0.39 is 5.97 Å². The van der Waals surface area contributed by atoms with Crippen LogP contribution in [0.3, 0.4) is 0 Å². The molecule has 0 spiro atoms. The number of fused-ring (bicyclic) bond motifs is 1. The molecule has 2 heterocycles. The van der Waals surface area contributed by atoms with E-state index in [0.717, 1.165) is 12.8 Å². The second-order valence-electron chi connectivity index (χ2n) is 7.09. The van der Waals surface area contributed by atoms with E-state index in [1.807, 2.05) is 12.1 Å². The third-order valence-electron chi connectivity index (χ3n) is 5.07. The van der Waals surface area contributed by atoms with Gasteiger partial charge in [0.2, 0.25) is 0 Å². The number of carboxylic acid groups (broad SMARTS) is 1. The van der Waals surface area contributed by atoms with Crippen LogP contribution in [0, 0.1) is 11.3 Å². The van der Waals surface area contributed by atoms with Crippen LogP contribution < -0.4 is 9.47 Å². The fourth-order valence-corrected chi connectivity index (χ4v) is 3.58. The molecule has 31 heavy (non-hydrogen) atoms. The summed E-state index contributed by atoms with van der Waals surface area (Å²) in [6, 6.07) is 15.1. The number of ether oxygens (including phenoxy) is 2.